The van der Waals surface area contributed by atoms with Gasteiger partial charge in [-0.25, -0.2) is 4.79 Å². The molecule has 1 amide bonds. The molecule has 9 heteroatoms. The maximum absolute atomic E-state index is 13.7. The Morgan fingerprint density at radius 2 is 1.58 bits per heavy atom. The number of carbonyl (C=O) groups is 2. The number of aliphatic carboxylic acids is 1. The van der Waals surface area contributed by atoms with Crippen molar-refractivity contribution in [1.82, 2.24) is 0 Å². The molecule has 26 heavy (non-hydrogen) atoms. The third-order valence-corrected chi connectivity index (χ3v) is 4.08. The molecule has 0 atom stereocenters. The fraction of sp³-hybridized carbons (Fsp3) is 0.529. The maximum atomic E-state index is 13.7. The van der Waals surface area contributed by atoms with Gasteiger partial charge in [0.25, 0.3) is 0 Å². The summed E-state index contributed by atoms with van der Waals surface area (Å²) in [5.41, 5.74) is -1.51. The number of benzene rings is 1. The quantitative estimate of drug-likeness (QED) is 0.817. The highest BCUT2D eigenvalue weighted by molar-refractivity contribution is 6.74. The number of amides is 1. The van der Waals surface area contributed by atoms with Crippen molar-refractivity contribution in [3.63, 3.8) is 0 Å². The highest BCUT2D eigenvalue weighted by Gasteiger charge is 2.34. The van der Waals surface area contributed by atoms with Crippen molar-refractivity contribution >= 4 is 30.2 Å². The summed E-state index contributed by atoms with van der Waals surface area (Å²) in [6, 6.07) is 0. The van der Waals surface area contributed by atoms with Crippen molar-refractivity contribution in [3.05, 3.63) is 22.3 Å². The molecule has 0 aliphatic carbocycles. The van der Waals surface area contributed by atoms with Crippen LogP contribution in [0.2, 0.25) is 0 Å². The molecule has 1 aromatic rings. The van der Waals surface area contributed by atoms with Crippen LogP contribution in [-0.4, -0.2) is 36.8 Å². The Hall–Kier alpha value is -2.19. The van der Waals surface area contributed by atoms with Gasteiger partial charge in [-0.15, -0.1) is 5.46 Å². The summed E-state index contributed by atoms with van der Waals surface area (Å²) in [5, 5.41) is 9.09. The molecule has 0 radical (unpaired) electrons. The smallest absolute Gasteiger partial charge is 0.481 e. The summed E-state index contributed by atoms with van der Waals surface area (Å²) in [6.45, 7) is 3.61. The van der Waals surface area contributed by atoms with Crippen LogP contribution in [0.5, 0.6) is 0 Å². The van der Waals surface area contributed by atoms with Crippen molar-refractivity contribution < 1.29 is 32.4 Å². The molecule has 0 saturated carbocycles. The van der Waals surface area contributed by atoms with Gasteiger partial charge < -0.3 is 22.8 Å². The van der Waals surface area contributed by atoms with Gasteiger partial charge >= 0.3 is 19.0 Å². The lowest BCUT2D eigenvalue weighted by molar-refractivity contribution is -0.136. The molecule has 0 aromatic heterocycles. The number of carbonyl (C=O) groups excluding carboxylic acids is 1. The van der Waals surface area contributed by atoms with Crippen LogP contribution < -0.4 is 10.4 Å². The molecule has 0 aliphatic heterocycles. The summed E-state index contributed by atoms with van der Waals surface area (Å²) in [7, 11) is 1.32. The first-order valence-corrected chi connectivity index (χ1v) is 8.08. The Morgan fingerprint density at radius 1 is 1.08 bits per heavy atom. The number of ether oxygens (including phenoxy) is 1. The number of hydrogen-bond donors (Lipinski definition) is 1. The van der Waals surface area contributed by atoms with Gasteiger partial charge in [-0.3, -0.25) is 9.69 Å². The maximum Gasteiger partial charge on any atom is 0.510 e. The Balaban J connectivity index is 3.71. The molecule has 1 aromatic carbocycles. The number of anilines is 1. The summed E-state index contributed by atoms with van der Waals surface area (Å²) in [6.07, 6.45) is -1.37. The number of rotatable bonds is 4. The van der Waals surface area contributed by atoms with Crippen LogP contribution >= 0.6 is 0 Å². The van der Waals surface area contributed by atoms with Crippen LogP contribution in [0.25, 0.3) is 0 Å². The lowest BCUT2D eigenvalue weighted by Crippen LogP contribution is -2.42. The van der Waals surface area contributed by atoms with Gasteiger partial charge in [0, 0.05) is 12.7 Å². The molecule has 0 bridgehead atoms. The van der Waals surface area contributed by atoms with Crippen molar-refractivity contribution in [2.45, 2.75) is 53.6 Å². The molecule has 0 aliphatic rings. The molecule has 0 fully saturated rings. The lowest BCUT2D eigenvalue weighted by Gasteiger charge is -2.32. The predicted octanol–water partition coefficient (Wildman–Crippen LogP) is 3.66. The van der Waals surface area contributed by atoms with Gasteiger partial charge in [0.05, 0.1) is 6.42 Å². The minimum Gasteiger partial charge on any atom is -0.481 e. The molecule has 0 unspecified atom stereocenters. The minimum absolute atomic E-state index is 0.0234. The van der Waals surface area contributed by atoms with Gasteiger partial charge in [-0.1, -0.05) is 11.1 Å². The Labute approximate surface area is 151 Å². The zero-order chi connectivity index (χ0) is 20.6. The van der Waals surface area contributed by atoms with E-state index in [0.717, 1.165) is 4.90 Å². The SMILES string of the molecule is Cc1c(CC(=O)O)c(C)c([B-](F)(F)F)c(C)c1N(C)C(=O)OC(C)(C)C. The highest BCUT2D eigenvalue weighted by Crippen LogP contribution is 2.32. The Bertz CT molecular complexity index is 739. The third kappa shape index (κ3) is 4.71. The molecule has 0 saturated heterocycles. The topological polar surface area (TPSA) is 66.8 Å². The molecule has 0 spiro atoms. The standard InChI is InChI=1S/C17H24BF3NO4/c1-9-12(8-13(23)24)10(2)15(11(3)14(9)18(19,20)21)22(7)16(25)26-17(4,5)6/h8H2,1-7H3,(H,23,24)/q-1. The van der Waals surface area contributed by atoms with Crippen LogP contribution in [0.3, 0.4) is 0 Å². The molecule has 0 heterocycles. The molecular formula is C17H24BF3NO4-. The molecule has 1 rings (SSSR count). The van der Waals surface area contributed by atoms with Crippen molar-refractivity contribution in [2.75, 3.05) is 11.9 Å². The van der Waals surface area contributed by atoms with Crippen molar-refractivity contribution in [1.29, 1.82) is 0 Å². The second kappa shape index (κ2) is 7.21. The van der Waals surface area contributed by atoms with Crippen LogP contribution in [0.15, 0.2) is 0 Å². The zero-order valence-electron chi connectivity index (χ0n) is 16.0. The normalized spacial score (nSPS) is 12.1. The van der Waals surface area contributed by atoms with E-state index in [2.05, 4.69) is 0 Å². The van der Waals surface area contributed by atoms with Gasteiger partial charge in [-0.05, 0) is 52.7 Å². The summed E-state index contributed by atoms with van der Waals surface area (Å²) in [4.78, 5) is 24.5. The summed E-state index contributed by atoms with van der Waals surface area (Å²) in [5.74, 6) is -1.24. The third-order valence-electron chi connectivity index (χ3n) is 4.08. The van der Waals surface area contributed by atoms with E-state index in [4.69, 9.17) is 9.84 Å². The minimum atomic E-state index is -5.39. The highest BCUT2D eigenvalue weighted by atomic mass is 19.4. The zero-order valence-corrected chi connectivity index (χ0v) is 16.0. The van der Waals surface area contributed by atoms with Gasteiger partial charge in [-0.2, -0.15) is 0 Å². The Kier molecular flexibility index (Phi) is 6.06. The van der Waals surface area contributed by atoms with E-state index in [1.165, 1.54) is 27.8 Å². The van der Waals surface area contributed by atoms with Gasteiger partial charge in [0.1, 0.15) is 5.60 Å². The largest absolute Gasteiger partial charge is 0.510 e. The first-order valence-electron chi connectivity index (χ1n) is 8.08. The first-order chi connectivity index (χ1) is 11.6. The predicted molar refractivity (Wildman–Crippen MR) is 95.3 cm³/mol. The molecular weight excluding hydrogens is 350 g/mol. The van der Waals surface area contributed by atoms with Crippen LogP contribution in [0, 0.1) is 20.8 Å². The van der Waals surface area contributed by atoms with E-state index < -0.39 is 36.5 Å². The summed E-state index contributed by atoms with van der Waals surface area (Å²) >= 11 is 0. The van der Waals surface area contributed by atoms with Gasteiger partial charge in [0.15, 0.2) is 0 Å². The lowest BCUT2D eigenvalue weighted by atomic mass is 9.71. The van der Waals surface area contributed by atoms with Crippen LogP contribution in [-0.2, 0) is 16.0 Å². The first kappa shape index (κ1) is 21.9. The summed E-state index contributed by atoms with van der Waals surface area (Å²) < 4.78 is 46.2. The van der Waals surface area contributed by atoms with Crippen molar-refractivity contribution in [2.24, 2.45) is 0 Å². The fourth-order valence-electron chi connectivity index (χ4n) is 3.11. The van der Waals surface area contributed by atoms with E-state index in [9.17, 15) is 22.5 Å². The number of hydrogen-bond acceptors (Lipinski definition) is 3. The van der Waals surface area contributed by atoms with E-state index in [1.54, 1.807) is 20.8 Å². The second-order valence-electron chi connectivity index (χ2n) is 7.30. The second-order valence-corrected chi connectivity index (χ2v) is 7.30. The number of halogens is 3. The Morgan fingerprint density at radius 3 is 1.96 bits per heavy atom. The average molecular weight is 374 g/mol. The van der Waals surface area contributed by atoms with Crippen LogP contribution in [0.1, 0.15) is 43.0 Å². The van der Waals surface area contributed by atoms with Gasteiger partial charge in [0.2, 0.25) is 0 Å². The molecule has 5 nitrogen and oxygen atoms in total. The number of carboxylic acids is 1. The fourth-order valence-corrected chi connectivity index (χ4v) is 3.11. The van der Waals surface area contributed by atoms with E-state index in [-0.39, 0.29) is 22.4 Å². The molecule has 146 valence electrons. The van der Waals surface area contributed by atoms with Crippen molar-refractivity contribution in [3.8, 4) is 0 Å². The molecule has 1 N–H and O–H groups in total. The van der Waals surface area contributed by atoms with Crippen LogP contribution in [0.4, 0.5) is 23.4 Å². The average Bonchev–Trinajstić information content (AvgIpc) is 2.39. The van der Waals surface area contributed by atoms with E-state index in [0.29, 0.717) is 5.56 Å². The number of nitrogens with zero attached hydrogens (tertiary/aromatic N) is 1. The number of carboxylic acid groups (broad SMARTS) is 1. The monoisotopic (exact) mass is 374 g/mol. The van der Waals surface area contributed by atoms with E-state index in [1.807, 2.05) is 0 Å². The van der Waals surface area contributed by atoms with E-state index >= 15 is 0 Å².